The van der Waals surface area contributed by atoms with Gasteiger partial charge in [0.2, 0.25) is 0 Å². The van der Waals surface area contributed by atoms with E-state index >= 15 is 0 Å². The van der Waals surface area contributed by atoms with Crippen LogP contribution in [-0.4, -0.2) is 0 Å². The molecular weight excluding hydrogens is 194 g/mol. The summed E-state index contributed by atoms with van der Waals surface area (Å²) in [5.74, 6) is 0. The van der Waals surface area contributed by atoms with Crippen molar-refractivity contribution in [3.63, 3.8) is 0 Å². The third-order valence-corrected chi connectivity index (χ3v) is 2.09. The molecule has 0 atom stereocenters. The first-order chi connectivity index (χ1) is 7.83. The van der Waals surface area contributed by atoms with Crippen LogP contribution in [-0.2, 0) is 6.42 Å². The quantitative estimate of drug-likeness (QED) is 0.740. The minimum absolute atomic E-state index is 0.457. The lowest BCUT2D eigenvalue weighted by molar-refractivity contribution is 1.22. The van der Waals surface area contributed by atoms with Crippen LogP contribution in [0.5, 0.6) is 0 Å². The SMILES string of the molecule is C=C/C=c1/cccc(CC#N)/c1=C/C.CC. The molecule has 1 aromatic carbocycles. The average Bonchev–Trinajstić information content (AvgIpc) is 2.33. The minimum Gasteiger partial charge on any atom is -0.198 e. The highest BCUT2D eigenvalue weighted by atomic mass is 14.2. The van der Waals surface area contributed by atoms with Gasteiger partial charge < -0.3 is 0 Å². The van der Waals surface area contributed by atoms with Crippen molar-refractivity contribution in [2.45, 2.75) is 27.2 Å². The summed E-state index contributed by atoms with van der Waals surface area (Å²) >= 11 is 0. The van der Waals surface area contributed by atoms with Crippen molar-refractivity contribution in [3.05, 3.63) is 46.9 Å². The predicted molar refractivity (Wildman–Crippen MR) is 71.2 cm³/mol. The summed E-state index contributed by atoms with van der Waals surface area (Å²) in [6.07, 6.45) is 6.20. The summed E-state index contributed by atoms with van der Waals surface area (Å²) in [5.41, 5.74) is 1.07. The van der Waals surface area contributed by atoms with E-state index < -0.39 is 0 Å². The molecule has 0 aromatic heterocycles. The fourth-order valence-electron chi connectivity index (χ4n) is 1.50. The van der Waals surface area contributed by atoms with Gasteiger partial charge in [-0.1, -0.05) is 56.9 Å². The van der Waals surface area contributed by atoms with Crippen molar-refractivity contribution in [3.8, 4) is 6.07 Å². The molecule has 0 amide bonds. The van der Waals surface area contributed by atoms with E-state index in [1.165, 1.54) is 0 Å². The van der Waals surface area contributed by atoms with Crippen LogP contribution in [0, 0.1) is 11.3 Å². The third kappa shape index (κ3) is 3.74. The van der Waals surface area contributed by atoms with Crippen LogP contribution in [0.2, 0.25) is 0 Å². The summed E-state index contributed by atoms with van der Waals surface area (Å²) in [7, 11) is 0. The molecule has 0 bridgehead atoms. The van der Waals surface area contributed by atoms with Crippen LogP contribution in [0.1, 0.15) is 26.3 Å². The highest BCUT2D eigenvalue weighted by Gasteiger charge is 1.93. The molecule has 0 fully saturated rings. The van der Waals surface area contributed by atoms with Crippen LogP contribution >= 0.6 is 0 Å². The molecule has 0 saturated carbocycles. The molecule has 0 saturated heterocycles. The van der Waals surface area contributed by atoms with Crippen LogP contribution in [0.25, 0.3) is 12.2 Å². The van der Waals surface area contributed by atoms with Gasteiger partial charge in [-0.2, -0.15) is 5.26 Å². The molecule has 16 heavy (non-hydrogen) atoms. The van der Waals surface area contributed by atoms with Crippen molar-refractivity contribution in [2.75, 3.05) is 0 Å². The Hall–Kier alpha value is -1.81. The van der Waals surface area contributed by atoms with Crippen LogP contribution < -0.4 is 10.4 Å². The van der Waals surface area contributed by atoms with Crippen molar-refractivity contribution < 1.29 is 0 Å². The van der Waals surface area contributed by atoms with Crippen molar-refractivity contribution >= 4 is 12.2 Å². The number of allylic oxidation sites excluding steroid dienone is 1. The van der Waals surface area contributed by atoms with E-state index in [9.17, 15) is 0 Å². The fourth-order valence-corrected chi connectivity index (χ4v) is 1.50. The van der Waals surface area contributed by atoms with Gasteiger partial charge in [-0.15, -0.1) is 0 Å². The third-order valence-electron chi connectivity index (χ3n) is 2.09. The first-order valence-corrected chi connectivity index (χ1v) is 5.57. The molecule has 1 nitrogen and oxygen atoms in total. The molecule has 1 heteroatoms. The summed E-state index contributed by atoms with van der Waals surface area (Å²) in [6, 6.07) is 8.15. The fraction of sp³-hybridized carbons (Fsp3) is 0.267. The van der Waals surface area contributed by atoms with Crippen molar-refractivity contribution in [1.29, 1.82) is 5.26 Å². The Bertz CT molecular complexity index is 475. The molecule has 84 valence electrons. The van der Waals surface area contributed by atoms with Gasteiger partial charge in [-0.25, -0.2) is 0 Å². The lowest BCUT2D eigenvalue weighted by Crippen LogP contribution is -2.27. The summed E-state index contributed by atoms with van der Waals surface area (Å²) in [6.45, 7) is 9.66. The standard InChI is InChI=1S/C13H13N.C2H6/c1-3-6-11-7-5-8-12(9-10-14)13(11)4-2;1-2/h3-8H,1,9H2,2H3;1-2H3/b11-6-,13-4+;. The zero-order valence-corrected chi connectivity index (χ0v) is 10.3. The normalized spacial score (nSPS) is 11.4. The van der Waals surface area contributed by atoms with Crippen LogP contribution in [0.15, 0.2) is 30.9 Å². The lowest BCUT2D eigenvalue weighted by Gasteiger charge is -1.96. The Kier molecular flexibility index (Phi) is 7.53. The van der Waals surface area contributed by atoms with Gasteiger partial charge in [0.15, 0.2) is 0 Å². The number of hydrogen-bond acceptors (Lipinski definition) is 1. The zero-order valence-electron chi connectivity index (χ0n) is 10.3. The number of rotatable bonds is 2. The molecule has 0 aliphatic rings. The topological polar surface area (TPSA) is 23.8 Å². The average molecular weight is 213 g/mol. The first-order valence-electron chi connectivity index (χ1n) is 5.57. The Balaban J connectivity index is 0.00000106. The number of hydrogen-bond donors (Lipinski definition) is 0. The van der Waals surface area contributed by atoms with Crippen molar-refractivity contribution in [1.82, 2.24) is 0 Å². The number of nitriles is 1. The molecular formula is C15H19N. The van der Waals surface area contributed by atoms with Gasteiger partial charge in [-0.05, 0) is 22.9 Å². The maximum Gasteiger partial charge on any atom is 0.0669 e. The van der Waals surface area contributed by atoms with E-state index in [1.807, 2.05) is 51.1 Å². The van der Waals surface area contributed by atoms with E-state index in [0.717, 1.165) is 16.0 Å². The van der Waals surface area contributed by atoms with E-state index in [1.54, 1.807) is 6.08 Å². The van der Waals surface area contributed by atoms with E-state index in [0.29, 0.717) is 6.42 Å². The van der Waals surface area contributed by atoms with E-state index in [2.05, 4.69) is 12.6 Å². The predicted octanol–water partition coefficient (Wildman–Crippen LogP) is 2.55. The summed E-state index contributed by atoms with van der Waals surface area (Å²) in [4.78, 5) is 0. The largest absolute Gasteiger partial charge is 0.198 e. The number of benzene rings is 1. The lowest BCUT2D eigenvalue weighted by atomic mass is 10.1. The molecule has 0 heterocycles. The highest BCUT2D eigenvalue weighted by Crippen LogP contribution is 1.89. The smallest absolute Gasteiger partial charge is 0.0669 e. The highest BCUT2D eigenvalue weighted by molar-refractivity contribution is 5.41. The minimum atomic E-state index is 0.457. The summed E-state index contributed by atoms with van der Waals surface area (Å²) < 4.78 is 0. The van der Waals surface area contributed by atoms with Crippen molar-refractivity contribution in [2.24, 2.45) is 0 Å². The van der Waals surface area contributed by atoms with Crippen LogP contribution in [0.4, 0.5) is 0 Å². The molecule has 1 aromatic rings. The Labute approximate surface area is 98.0 Å². The second-order valence-electron chi connectivity index (χ2n) is 2.95. The van der Waals surface area contributed by atoms with Gasteiger partial charge in [0.05, 0.1) is 12.5 Å². The maximum atomic E-state index is 8.67. The number of nitrogens with zero attached hydrogens (tertiary/aromatic N) is 1. The molecule has 1 rings (SSSR count). The maximum absolute atomic E-state index is 8.67. The van der Waals surface area contributed by atoms with Gasteiger partial charge >= 0.3 is 0 Å². The van der Waals surface area contributed by atoms with Gasteiger partial charge in [0.25, 0.3) is 0 Å². The second-order valence-corrected chi connectivity index (χ2v) is 2.95. The Morgan fingerprint density at radius 2 is 2.06 bits per heavy atom. The molecule has 0 N–H and O–H groups in total. The van der Waals surface area contributed by atoms with Gasteiger partial charge in [-0.3, -0.25) is 0 Å². The van der Waals surface area contributed by atoms with Crippen LogP contribution in [0.3, 0.4) is 0 Å². The monoisotopic (exact) mass is 213 g/mol. The molecule has 0 radical (unpaired) electrons. The zero-order chi connectivity index (χ0) is 12.4. The van der Waals surface area contributed by atoms with E-state index in [-0.39, 0.29) is 0 Å². The Morgan fingerprint density at radius 1 is 1.38 bits per heavy atom. The summed E-state index contributed by atoms with van der Waals surface area (Å²) in [5, 5.41) is 10.9. The Morgan fingerprint density at radius 3 is 2.56 bits per heavy atom. The molecule has 0 aliphatic carbocycles. The molecule has 0 unspecified atom stereocenters. The molecule has 0 aliphatic heterocycles. The van der Waals surface area contributed by atoms with Gasteiger partial charge in [0, 0.05) is 0 Å². The first kappa shape index (κ1) is 14.2. The molecule has 0 spiro atoms. The second kappa shape index (κ2) is 8.49. The van der Waals surface area contributed by atoms with E-state index in [4.69, 9.17) is 5.26 Å². The van der Waals surface area contributed by atoms with Gasteiger partial charge in [0.1, 0.15) is 0 Å².